The zero-order chi connectivity index (χ0) is 12.7. The molecule has 1 fully saturated rings. The monoisotopic (exact) mass is 247 g/mol. The molecular weight excluding hydrogens is 234 g/mol. The zero-order valence-corrected chi connectivity index (χ0v) is 9.93. The number of imidazole rings is 1. The second-order valence-corrected chi connectivity index (χ2v) is 4.45. The van der Waals surface area contributed by atoms with E-state index in [-0.39, 0.29) is 17.5 Å². The number of carbonyl (C=O) groups is 1. The number of hydrogen-bond donors (Lipinski definition) is 2. The molecule has 1 aliphatic heterocycles. The van der Waals surface area contributed by atoms with Gasteiger partial charge < -0.3 is 10.3 Å². The highest BCUT2D eigenvalue weighted by atomic mass is 16.1. The lowest BCUT2D eigenvalue weighted by molar-refractivity contribution is -0.120. The fourth-order valence-corrected chi connectivity index (χ4v) is 2.30. The summed E-state index contributed by atoms with van der Waals surface area (Å²) in [7, 11) is 1.65. The van der Waals surface area contributed by atoms with Gasteiger partial charge in [-0.25, -0.2) is 14.8 Å². The van der Waals surface area contributed by atoms with E-state index in [9.17, 15) is 9.59 Å². The number of rotatable bonds is 1. The first-order chi connectivity index (χ1) is 8.66. The largest absolute Gasteiger partial charge is 0.327 e. The van der Waals surface area contributed by atoms with Crippen molar-refractivity contribution in [2.24, 2.45) is 7.05 Å². The number of piperidine rings is 1. The van der Waals surface area contributed by atoms with Gasteiger partial charge in [0.1, 0.15) is 17.6 Å². The molecule has 7 heteroatoms. The Balaban J connectivity index is 2.14. The van der Waals surface area contributed by atoms with Gasteiger partial charge in [-0.15, -0.1) is 0 Å². The van der Waals surface area contributed by atoms with Gasteiger partial charge in [0.25, 0.3) is 0 Å². The van der Waals surface area contributed by atoms with Crippen molar-refractivity contribution in [3.63, 3.8) is 0 Å². The Kier molecular flexibility index (Phi) is 2.48. The Morgan fingerprint density at radius 3 is 3.00 bits per heavy atom. The van der Waals surface area contributed by atoms with Crippen molar-refractivity contribution in [2.45, 2.75) is 18.9 Å². The van der Waals surface area contributed by atoms with Crippen molar-refractivity contribution in [3.8, 4) is 0 Å². The molecule has 2 aromatic rings. The number of Topliss-reactive ketones (excluding diaryl/α,β-unsaturated/α-hetero) is 1. The molecule has 1 aliphatic rings. The molecule has 3 rings (SSSR count). The van der Waals surface area contributed by atoms with Gasteiger partial charge in [0, 0.05) is 26.4 Å². The van der Waals surface area contributed by atoms with E-state index in [1.165, 1.54) is 10.9 Å². The number of fused-ring (bicyclic) bond motifs is 1. The average Bonchev–Trinajstić information content (AvgIpc) is 2.65. The van der Waals surface area contributed by atoms with Gasteiger partial charge in [0.2, 0.25) is 0 Å². The molecule has 94 valence electrons. The number of H-pyrrole nitrogens is 1. The van der Waals surface area contributed by atoms with E-state index >= 15 is 0 Å². The minimum Gasteiger partial charge on any atom is -0.308 e. The Morgan fingerprint density at radius 1 is 1.39 bits per heavy atom. The second kappa shape index (κ2) is 4.02. The van der Waals surface area contributed by atoms with Crippen LogP contribution in [0, 0.1) is 0 Å². The number of hydrogen-bond acceptors (Lipinski definition) is 5. The molecule has 0 amide bonds. The Morgan fingerprint density at radius 2 is 2.22 bits per heavy atom. The van der Waals surface area contributed by atoms with Crippen LogP contribution < -0.4 is 11.0 Å². The molecule has 0 spiro atoms. The number of aromatic nitrogens is 4. The number of carbonyl (C=O) groups excluding carboxylic acids is 1. The first-order valence-corrected chi connectivity index (χ1v) is 5.81. The van der Waals surface area contributed by atoms with E-state index in [4.69, 9.17) is 0 Å². The molecule has 0 saturated carbocycles. The molecule has 0 aliphatic carbocycles. The number of aryl methyl sites for hydroxylation is 1. The van der Waals surface area contributed by atoms with Crippen molar-refractivity contribution < 1.29 is 4.79 Å². The van der Waals surface area contributed by atoms with Crippen LogP contribution in [0.4, 0.5) is 0 Å². The third-order valence-electron chi connectivity index (χ3n) is 3.27. The van der Waals surface area contributed by atoms with E-state index in [0.717, 1.165) is 0 Å². The number of aromatic amines is 1. The summed E-state index contributed by atoms with van der Waals surface area (Å²) in [6, 6.07) is -0.144. The highest BCUT2D eigenvalue weighted by Crippen LogP contribution is 2.23. The number of nitrogens with zero attached hydrogens (tertiary/aromatic N) is 3. The van der Waals surface area contributed by atoms with Gasteiger partial charge in [-0.05, 0) is 0 Å². The van der Waals surface area contributed by atoms with Crippen molar-refractivity contribution >= 4 is 16.9 Å². The first kappa shape index (κ1) is 11.1. The lowest BCUT2D eigenvalue weighted by Gasteiger charge is -2.22. The minimum atomic E-state index is -0.228. The van der Waals surface area contributed by atoms with Crippen molar-refractivity contribution in [2.75, 3.05) is 6.54 Å². The standard InChI is InChI=1S/C11H13N5O2/c1-16-10-9(15-11(16)18)8(13-5-14-10)7-4-6(17)2-3-12-7/h5,7,12H,2-4H2,1H3,(H,15,18). The quantitative estimate of drug-likeness (QED) is 0.718. The van der Waals surface area contributed by atoms with E-state index in [1.807, 2.05) is 0 Å². The molecule has 7 nitrogen and oxygen atoms in total. The van der Waals surface area contributed by atoms with Crippen LogP contribution in [0.15, 0.2) is 11.1 Å². The summed E-state index contributed by atoms with van der Waals surface area (Å²) in [5, 5.41) is 3.24. The smallest absolute Gasteiger partial charge is 0.308 e. The highest BCUT2D eigenvalue weighted by Gasteiger charge is 2.24. The molecule has 0 bridgehead atoms. The van der Waals surface area contributed by atoms with E-state index in [1.54, 1.807) is 7.05 Å². The van der Waals surface area contributed by atoms with E-state index in [2.05, 4.69) is 20.3 Å². The van der Waals surface area contributed by atoms with Crippen LogP contribution in [0.25, 0.3) is 11.2 Å². The van der Waals surface area contributed by atoms with E-state index in [0.29, 0.717) is 36.2 Å². The number of nitrogens with one attached hydrogen (secondary N) is 2. The zero-order valence-electron chi connectivity index (χ0n) is 9.93. The van der Waals surface area contributed by atoms with Crippen molar-refractivity contribution in [3.05, 3.63) is 22.5 Å². The van der Waals surface area contributed by atoms with Crippen LogP contribution in [-0.4, -0.2) is 31.8 Å². The molecule has 1 saturated heterocycles. The minimum absolute atomic E-state index is 0.144. The van der Waals surface area contributed by atoms with Crippen LogP contribution in [0.3, 0.4) is 0 Å². The molecule has 0 aromatic carbocycles. The van der Waals surface area contributed by atoms with Gasteiger partial charge in [-0.2, -0.15) is 0 Å². The summed E-state index contributed by atoms with van der Waals surface area (Å²) in [4.78, 5) is 34.1. The van der Waals surface area contributed by atoms with Crippen LogP contribution >= 0.6 is 0 Å². The van der Waals surface area contributed by atoms with Gasteiger partial charge >= 0.3 is 5.69 Å². The maximum Gasteiger partial charge on any atom is 0.327 e. The summed E-state index contributed by atoms with van der Waals surface area (Å²) in [6.07, 6.45) is 2.38. The maximum atomic E-state index is 11.6. The molecular formula is C11H13N5O2. The second-order valence-electron chi connectivity index (χ2n) is 4.45. The summed E-state index contributed by atoms with van der Waals surface area (Å²) in [5.41, 5.74) is 1.63. The fraction of sp³-hybridized carbons (Fsp3) is 0.455. The van der Waals surface area contributed by atoms with Crippen LogP contribution in [0.5, 0.6) is 0 Å². The summed E-state index contributed by atoms with van der Waals surface area (Å²) in [5.74, 6) is 0.212. The first-order valence-electron chi connectivity index (χ1n) is 5.81. The molecule has 1 unspecified atom stereocenters. The van der Waals surface area contributed by atoms with Crippen LogP contribution in [0.1, 0.15) is 24.6 Å². The van der Waals surface area contributed by atoms with Gasteiger partial charge in [0.15, 0.2) is 5.65 Å². The molecule has 18 heavy (non-hydrogen) atoms. The predicted octanol–water partition coefficient (Wildman–Crippen LogP) is -0.350. The normalized spacial score (nSPS) is 20.5. The molecule has 0 radical (unpaired) electrons. The molecule has 3 heterocycles. The van der Waals surface area contributed by atoms with Gasteiger partial charge in [-0.3, -0.25) is 9.36 Å². The lowest BCUT2D eigenvalue weighted by atomic mass is 10.0. The average molecular weight is 247 g/mol. The number of ketones is 1. The third-order valence-corrected chi connectivity index (χ3v) is 3.27. The van der Waals surface area contributed by atoms with Crippen LogP contribution in [0.2, 0.25) is 0 Å². The van der Waals surface area contributed by atoms with Crippen molar-refractivity contribution in [1.29, 1.82) is 0 Å². The Labute approximate surface area is 102 Å². The Hall–Kier alpha value is -2.02. The SMILES string of the molecule is Cn1c(=O)[nH]c2c(C3CC(=O)CCN3)ncnc21. The maximum absolute atomic E-state index is 11.6. The lowest BCUT2D eigenvalue weighted by Crippen LogP contribution is -2.32. The van der Waals surface area contributed by atoms with Crippen LogP contribution in [-0.2, 0) is 11.8 Å². The fourth-order valence-electron chi connectivity index (χ4n) is 2.30. The molecule has 1 atom stereocenters. The predicted molar refractivity (Wildman–Crippen MR) is 64.1 cm³/mol. The molecule has 2 N–H and O–H groups in total. The molecule has 2 aromatic heterocycles. The van der Waals surface area contributed by atoms with E-state index < -0.39 is 0 Å². The third kappa shape index (κ3) is 1.63. The Bertz CT molecular complexity index is 672. The van der Waals surface area contributed by atoms with Crippen molar-refractivity contribution in [1.82, 2.24) is 24.8 Å². The summed E-state index contributed by atoms with van der Waals surface area (Å²) in [6.45, 7) is 0.645. The topological polar surface area (TPSA) is 92.7 Å². The van der Waals surface area contributed by atoms with Gasteiger partial charge in [0.05, 0.1) is 11.7 Å². The van der Waals surface area contributed by atoms with Gasteiger partial charge in [-0.1, -0.05) is 0 Å². The summed E-state index contributed by atoms with van der Waals surface area (Å²) < 4.78 is 1.44. The highest BCUT2D eigenvalue weighted by molar-refractivity contribution is 5.81. The summed E-state index contributed by atoms with van der Waals surface area (Å²) >= 11 is 0.